The Morgan fingerprint density at radius 1 is 1.19 bits per heavy atom. The van der Waals surface area contributed by atoms with Crippen LogP contribution >= 0.6 is 11.3 Å². The summed E-state index contributed by atoms with van der Waals surface area (Å²) in [6, 6.07) is 4.50. The van der Waals surface area contributed by atoms with Crippen LogP contribution in [-0.2, 0) is 17.6 Å². The molecule has 27 heavy (non-hydrogen) atoms. The quantitative estimate of drug-likeness (QED) is 0.756. The van der Waals surface area contributed by atoms with Gasteiger partial charge in [0.25, 0.3) is 5.91 Å². The van der Waals surface area contributed by atoms with E-state index in [1.807, 2.05) is 5.38 Å². The van der Waals surface area contributed by atoms with E-state index in [2.05, 4.69) is 5.32 Å². The highest BCUT2D eigenvalue weighted by molar-refractivity contribution is 7.10. The second kappa shape index (κ2) is 8.43. The number of fused-ring (bicyclic) bond motifs is 1. The molecule has 1 aliphatic carbocycles. The third kappa shape index (κ3) is 4.24. The number of rotatable bonds is 7. The van der Waals surface area contributed by atoms with Crippen molar-refractivity contribution in [2.24, 2.45) is 0 Å². The highest BCUT2D eigenvalue weighted by atomic mass is 32.1. The number of carbonyl (C=O) groups is 2. The molecule has 6 nitrogen and oxygen atoms in total. The normalized spacial score (nSPS) is 14.1. The molecule has 0 fully saturated rings. The van der Waals surface area contributed by atoms with E-state index in [1.54, 1.807) is 29.5 Å². The maximum Gasteiger partial charge on any atom is 0.305 e. The summed E-state index contributed by atoms with van der Waals surface area (Å²) in [5, 5.41) is 14.1. The SMILES string of the molecule is COc1ccc(C(CC(=O)O)NC(=O)c2csc3c2CCCC3)cc1OC. The minimum absolute atomic E-state index is 0.215. The number of carboxylic acid groups (broad SMARTS) is 1. The Hall–Kier alpha value is -2.54. The van der Waals surface area contributed by atoms with E-state index in [0.29, 0.717) is 22.6 Å². The zero-order valence-corrected chi connectivity index (χ0v) is 16.2. The smallest absolute Gasteiger partial charge is 0.305 e. The van der Waals surface area contributed by atoms with Gasteiger partial charge in [0.05, 0.1) is 32.2 Å². The predicted octanol–water partition coefficient (Wildman–Crippen LogP) is 3.59. The molecule has 0 spiro atoms. The van der Waals surface area contributed by atoms with E-state index in [0.717, 1.165) is 31.2 Å². The number of carboxylic acids is 1. The van der Waals surface area contributed by atoms with Crippen LogP contribution in [0.4, 0.5) is 0 Å². The summed E-state index contributed by atoms with van der Waals surface area (Å²) in [6.07, 6.45) is 3.94. The number of nitrogens with one attached hydrogen (secondary N) is 1. The number of carbonyl (C=O) groups excluding carboxylic acids is 1. The molecule has 144 valence electrons. The molecule has 0 aliphatic heterocycles. The van der Waals surface area contributed by atoms with Gasteiger partial charge in [0.15, 0.2) is 11.5 Å². The summed E-state index contributed by atoms with van der Waals surface area (Å²) in [4.78, 5) is 25.5. The largest absolute Gasteiger partial charge is 0.493 e. The average Bonchev–Trinajstić information content (AvgIpc) is 3.10. The molecule has 1 atom stereocenters. The molecule has 1 aliphatic rings. The van der Waals surface area contributed by atoms with Crippen LogP contribution in [0.25, 0.3) is 0 Å². The van der Waals surface area contributed by atoms with Gasteiger partial charge >= 0.3 is 5.97 Å². The van der Waals surface area contributed by atoms with Gasteiger partial charge in [0.2, 0.25) is 0 Å². The summed E-state index contributed by atoms with van der Waals surface area (Å²) < 4.78 is 10.5. The van der Waals surface area contributed by atoms with Crippen LogP contribution in [0.1, 0.15) is 51.7 Å². The summed E-state index contributed by atoms with van der Waals surface area (Å²) in [7, 11) is 3.05. The zero-order valence-electron chi connectivity index (χ0n) is 15.4. The lowest BCUT2D eigenvalue weighted by Crippen LogP contribution is -2.30. The molecule has 1 amide bonds. The highest BCUT2D eigenvalue weighted by Gasteiger charge is 2.24. The first-order valence-electron chi connectivity index (χ1n) is 8.87. The Morgan fingerprint density at radius 3 is 2.63 bits per heavy atom. The van der Waals surface area contributed by atoms with Crippen LogP contribution in [0, 0.1) is 0 Å². The number of aliphatic carboxylic acids is 1. The molecule has 2 N–H and O–H groups in total. The second-order valence-electron chi connectivity index (χ2n) is 6.50. The Bertz CT molecular complexity index is 845. The van der Waals surface area contributed by atoms with Crippen LogP contribution < -0.4 is 14.8 Å². The van der Waals surface area contributed by atoms with Crippen molar-refractivity contribution in [1.82, 2.24) is 5.32 Å². The lowest BCUT2D eigenvalue weighted by molar-refractivity contribution is -0.137. The van der Waals surface area contributed by atoms with Gasteiger partial charge < -0.3 is 19.9 Å². The first-order valence-corrected chi connectivity index (χ1v) is 9.75. The van der Waals surface area contributed by atoms with Crippen LogP contribution in [0.3, 0.4) is 0 Å². The van der Waals surface area contributed by atoms with Gasteiger partial charge in [-0.2, -0.15) is 0 Å². The molecule has 0 saturated heterocycles. The van der Waals surface area contributed by atoms with E-state index >= 15 is 0 Å². The number of methoxy groups -OCH3 is 2. The Morgan fingerprint density at radius 2 is 1.93 bits per heavy atom. The van der Waals surface area contributed by atoms with Crippen molar-refractivity contribution in [3.63, 3.8) is 0 Å². The van der Waals surface area contributed by atoms with Crippen molar-refractivity contribution >= 4 is 23.2 Å². The highest BCUT2D eigenvalue weighted by Crippen LogP contribution is 2.33. The van der Waals surface area contributed by atoms with Crippen molar-refractivity contribution < 1.29 is 24.2 Å². The van der Waals surface area contributed by atoms with Gasteiger partial charge in [-0.05, 0) is 48.9 Å². The molecule has 3 rings (SSSR count). The fraction of sp³-hybridized carbons (Fsp3) is 0.400. The lowest BCUT2D eigenvalue weighted by Gasteiger charge is -2.20. The number of ether oxygens (including phenoxy) is 2. The Labute approximate surface area is 162 Å². The van der Waals surface area contributed by atoms with Crippen molar-refractivity contribution in [3.8, 4) is 11.5 Å². The van der Waals surface area contributed by atoms with Crippen LogP contribution in [-0.4, -0.2) is 31.2 Å². The third-order valence-corrected chi connectivity index (χ3v) is 5.89. The number of amides is 1. The molecule has 1 aromatic carbocycles. The Balaban J connectivity index is 1.86. The standard InChI is InChI=1S/C20H23NO5S/c1-25-16-8-7-12(9-17(16)26-2)15(10-19(22)23)21-20(24)14-11-27-18-6-4-3-5-13(14)18/h7-9,11,15H,3-6,10H2,1-2H3,(H,21,24)(H,22,23). The molecule has 0 radical (unpaired) electrons. The van der Waals surface area contributed by atoms with Crippen LogP contribution in [0.2, 0.25) is 0 Å². The molecule has 1 heterocycles. The lowest BCUT2D eigenvalue weighted by atomic mass is 9.95. The zero-order chi connectivity index (χ0) is 19.4. The third-order valence-electron chi connectivity index (χ3n) is 4.80. The minimum Gasteiger partial charge on any atom is -0.493 e. The first kappa shape index (κ1) is 19.2. The summed E-state index contributed by atoms with van der Waals surface area (Å²) in [5.74, 6) is -0.168. The monoisotopic (exact) mass is 389 g/mol. The molecule has 7 heteroatoms. The average molecular weight is 389 g/mol. The maximum absolute atomic E-state index is 12.9. The maximum atomic E-state index is 12.9. The number of thiophene rings is 1. The van der Waals surface area contributed by atoms with Gasteiger partial charge in [-0.3, -0.25) is 9.59 Å². The van der Waals surface area contributed by atoms with Gasteiger partial charge in [0.1, 0.15) is 0 Å². The van der Waals surface area contributed by atoms with Gasteiger partial charge in [-0.15, -0.1) is 11.3 Å². The van der Waals surface area contributed by atoms with E-state index in [1.165, 1.54) is 19.1 Å². The molecule has 0 bridgehead atoms. The van der Waals surface area contributed by atoms with E-state index in [9.17, 15) is 14.7 Å². The van der Waals surface area contributed by atoms with E-state index < -0.39 is 12.0 Å². The van der Waals surface area contributed by atoms with Crippen LogP contribution in [0.5, 0.6) is 11.5 Å². The predicted molar refractivity (Wildman–Crippen MR) is 103 cm³/mol. The minimum atomic E-state index is -0.984. The summed E-state index contributed by atoms with van der Waals surface area (Å²) >= 11 is 1.61. The molecular formula is C20H23NO5S. The van der Waals surface area contributed by atoms with Gasteiger partial charge in [-0.1, -0.05) is 6.07 Å². The van der Waals surface area contributed by atoms with Crippen molar-refractivity contribution in [1.29, 1.82) is 0 Å². The summed E-state index contributed by atoms with van der Waals surface area (Å²) in [5.41, 5.74) is 2.45. The van der Waals surface area contributed by atoms with Crippen molar-refractivity contribution in [2.75, 3.05) is 14.2 Å². The molecule has 1 aromatic heterocycles. The Kier molecular flexibility index (Phi) is 6.01. The number of hydrogen-bond donors (Lipinski definition) is 2. The fourth-order valence-corrected chi connectivity index (χ4v) is 4.54. The van der Waals surface area contributed by atoms with E-state index in [-0.39, 0.29) is 12.3 Å². The van der Waals surface area contributed by atoms with Crippen molar-refractivity contribution in [2.45, 2.75) is 38.1 Å². The topological polar surface area (TPSA) is 84.9 Å². The number of hydrogen-bond acceptors (Lipinski definition) is 5. The van der Waals surface area contributed by atoms with Crippen molar-refractivity contribution in [3.05, 3.63) is 45.1 Å². The second-order valence-corrected chi connectivity index (χ2v) is 7.46. The van der Waals surface area contributed by atoms with E-state index in [4.69, 9.17) is 9.47 Å². The molecule has 0 saturated carbocycles. The van der Waals surface area contributed by atoms with Gasteiger partial charge in [0, 0.05) is 10.3 Å². The molecular weight excluding hydrogens is 366 g/mol. The van der Waals surface area contributed by atoms with Gasteiger partial charge in [-0.25, -0.2) is 0 Å². The molecule has 1 unspecified atom stereocenters. The summed E-state index contributed by atoms with van der Waals surface area (Å²) in [6.45, 7) is 0. The number of benzene rings is 1. The fourth-order valence-electron chi connectivity index (χ4n) is 3.42. The number of aryl methyl sites for hydroxylation is 1. The first-order chi connectivity index (χ1) is 13.0. The molecule has 2 aromatic rings. The van der Waals surface area contributed by atoms with Crippen LogP contribution in [0.15, 0.2) is 23.6 Å².